The van der Waals surface area contributed by atoms with Crippen LogP contribution in [0.2, 0.25) is 0 Å². The van der Waals surface area contributed by atoms with Gasteiger partial charge in [-0.25, -0.2) is 4.79 Å². The standard InChI is InChI=1S/C17H24O3/c1-4-6-13-19-17(18)12-11-15-9-7-8-10-16(15)20-14(3)5-2/h7-12,14H,4-6,13H2,1-3H3. The Morgan fingerprint density at radius 2 is 2.05 bits per heavy atom. The number of ether oxygens (including phenoxy) is 2. The Balaban J connectivity index is 2.64. The lowest BCUT2D eigenvalue weighted by Crippen LogP contribution is -2.10. The molecule has 0 N–H and O–H groups in total. The van der Waals surface area contributed by atoms with Crippen LogP contribution in [0.15, 0.2) is 30.3 Å². The number of carbonyl (C=O) groups is 1. The van der Waals surface area contributed by atoms with Gasteiger partial charge in [-0.1, -0.05) is 38.5 Å². The van der Waals surface area contributed by atoms with Crippen LogP contribution in [0.4, 0.5) is 0 Å². The van der Waals surface area contributed by atoms with E-state index in [-0.39, 0.29) is 12.1 Å². The number of para-hydroxylation sites is 1. The molecule has 1 aromatic rings. The van der Waals surface area contributed by atoms with E-state index < -0.39 is 0 Å². The van der Waals surface area contributed by atoms with Crippen molar-refractivity contribution in [3.05, 3.63) is 35.9 Å². The van der Waals surface area contributed by atoms with Crippen molar-refractivity contribution in [2.45, 2.75) is 46.1 Å². The maximum Gasteiger partial charge on any atom is 0.330 e. The highest BCUT2D eigenvalue weighted by atomic mass is 16.5. The van der Waals surface area contributed by atoms with Crippen LogP contribution in [0.1, 0.15) is 45.6 Å². The zero-order chi connectivity index (χ0) is 14.8. The lowest BCUT2D eigenvalue weighted by atomic mass is 10.2. The Morgan fingerprint density at radius 3 is 2.75 bits per heavy atom. The normalized spacial score (nSPS) is 12.3. The van der Waals surface area contributed by atoms with E-state index in [0.29, 0.717) is 6.61 Å². The highest BCUT2D eigenvalue weighted by Gasteiger charge is 2.05. The largest absolute Gasteiger partial charge is 0.490 e. The summed E-state index contributed by atoms with van der Waals surface area (Å²) in [7, 11) is 0. The Hall–Kier alpha value is -1.77. The fourth-order valence-corrected chi connectivity index (χ4v) is 1.55. The first-order valence-electron chi connectivity index (χ1n) is 7.27. The van der Waals surface area contributed by atoms with E-state index in [9.17, 15) is 4.79 Å². The molecule has 0 amide bonds. The minimum Gasteiger partial charge on any atom is -0.490 e. The van der Waals surface area contributed by atoms with Crippen LogP contribution in [0, 0.1) is 0 Å². The first-order chi connectivity index (χ1) is 9.67. The fourth-order valence-electron chi connectivity index (χ4n) is 1.55. The van der Waals surface area contributed by atoms with E-state index in [1.807, 2.05) is 31.2 Å². The second-order valence-electron chi connectivity index (χ2n) is 4.73. The number of carbonyl (C=O) groups excluding carboxylic acids is 1. The molecule has 0 fully saturated rings. The van der Waals surface area contributed by atoms with Crippen molar-refractivity contribution in [2.75, 3.05) is 6.61 Å². The number of hydrogen-bond donors (Lipinski definition) is 0. The number of esters is 1. The highest BCUT2D eigenvalue weighted by Crippen LogP contribution is 2.21. The molecule has 0 aliphatic carbocycles. The van der Waals surface area contributed by atoms with Crippen molar-refractivity contribution in [1.29, 1.82) is 0 Å². The van der Waals surface area contributed by atoms with Crippen LogP contribution in [0.25, 0.3) is 6.08 Å². The van der Waals surface area contributed by atoms with E-state index in [4.69, 9.17) is 9.47 Å². The molecule has 0 aliphatic heterocycles. The van der Waals surface area contributed by atoms with Gasteiger partial charge >= 0.3 is 5.97 Å². The SMILES string of the molecule is CCCCOC(=O)C=Cc1ccccc1OC(C)CC. The molecule has 1 rings (SSSR count). The lowest BCUT2D eigenvalue weighted by molar-refractivity contribution is -0.137. The Morgan fingerprint density at radius 1 is 1.30 bits per heavy atom. The van der Waals surface area contributed by atoms with E-state index in [0.717, 1.165) is 30.6 Å². The van der Waals surface area contributed by atoms with Gasteiger partial charge in [-0.05, 0) is 31.9 Å². The molecule has 20 heavy (non-hydrogen) atoms. The molecule has 3 heteroatoms. The zero-order valence-corrected chi connectivity index (χ0v) is 12.6. The van der Waals surface area contributed by atoms with Gasteiger partial charge in [0.05, 0.1) is 12.7 Å². The van der Waals surface area contributed by atoms with Crippen LogP contribution < -0.4 is 4.74 Å². The third-order valence-electron chi connectivity index (χ3n) is 2.96. The maximum atomic E-state index is 11.5. The van der Waals surface area contributed by atoms with Crippen molar-refractivity contribution < 1.29 is 14.3 Å². The fraction of sp³-hybridized carbons (Fsp3) is 0.471. The molecular formula is C17H24O3. The lowest BCUT2D eigenvalue weighted by Gasteiger charge is -2.14. The van der Waals surface area contributed by atoms with Crippen molar-refractivity contribution >= 4 is 12.0 Å². The minimum absolute atomic E-state index is 0.154. The maximum absolute atomic E-state index is 11.5. The molecule has 0 spiro atoms. The van der Waals surface area contributed by atoms with Crippen LogP contribution >= 0.6 is 0 Å². The Kier molecular flexibility index (Phi) is 7.48. The average Bonchev–Trinajstić information content (AvgIpc) is 2.46. The van der Waals surface area contributed by atoms with Gasteiger partial charge in [-0.2, -0.15) is 0 Å². The van der Waals surface area contributed by atoms with Crippen LogP contribution in [0.3, 0.4) is 0 Å². The summed E-state index contributed by atoms with van der Waals surface area (Å²) in [6, 6.07) is 7.68. The monoisotopic (exact) mass is 276 g/mol. The Bertz CT molecular complexity index is 438. The minimum atomic E-state index is -0.309. The molecule has 0 saturated carbocycles. The second-order valence-corrected chi connectivity index (χ2v) is 4.73. The van der Waals surface area contributed by atoms with Crippen LogP contribution in [0.5, 0.6) is 5.75 Å². The van der Waals surface area contributed by atoms with E-state index >= 15 is 0 Å². The molecular weight excluding hydrogens is 252 g/mol. The molecule has 0 radical (unpaired) electrons. The molecule has 0 aromatic heterocycles. The van der Waals surface area contributed by atoms with E-state index in [1.54, 1.807) is 6.08 Å². The smallest absolute Gasteiger partial charge is 0.330 e. The molecule has 0 bridgehead atoms. The van der Waals surface area contributed by atoms with Gasteiger partial charge in [-0.15, -0.1) is 0 Å². The van der Waals surface area contributed by atoms with Gasteiger partial charge in [0.2, 0.25) is 0 Å². The number of unbranched alkanes of at least 4 members (excludes halogenated alkanes) is 1. The summed E-state index contributed by atoms with van der Waals surface area (Å²) in [5.74, 6) is 0.483. The molecule has 1 unspecified atom stereocenters. The predicted molar refractivity (Wildman–Crippen MR) is 81.7 cm³/mol. The third kappa shape index (κ3) is 5.91. The summed E-state index contributed by atoms with van der Waals surface area (Å²) in [5.41, 5.74) is 0.889. The molecule has 1 atom stereocenters. The highest BCUT2D eigenvalue weighted by molar-refractivity contribution is 5.87. The summed E-state index contributed by atoms with van der Waals surface area (Å²) in [6.07, 6.45) is 6.20. The van der Waals surface area contributed by atoms with Gasteiger partial charge < -0.3 is 9.47 Å². The number of hydrogen-bond acceptors (Lipinski definition) is 3. The zero-order valence-electron chi connectivity index (χ0n) is 12.6. The summed E-state index contributed by atoms with van der Waals surface area (Å²) < 4.78 is 10.9. The van der Waals surface area contributed by atoms with E-state index in [1.165, 1.54) is 6.08 Å². The quantitative estimate of drug-likeness (QED) is 0.405. The van der Waals surface area contributed by atoms with Crippen molar-refractivity contribution in [3.63, 3.8) is 0 Å². The first-order valence-corrected chi connectivity index (χ1v) is 7.27. The summed E-state index contributed by atoms with van der Waals surface area (Å²) in [4.78, 5) is 11.5. The van der Waals surface area contributed by atoms with Gasteiger partial charge in [0, 0.05) is 11.6 Å². The molecule has 1 aromatic carbocycles. The topological polar surface area (TPSA) is 35.5 Å². The summed E-state index contributed by atoms with van der Waals surface area (Å²) in [5, 5.41) is 0. The molecule has 0 saturated heterocycles. The van der Waals surface area contributed by atoms with Crippen LogP contribution in [-0.2, 0) is 9.53 Å². The van der Waals surface area contributed by atoms with Crippen LogP contribution in [-0.4, -0.2) is 18.7 Å². The van der Waals surface area contributed by atoms with Gasteiger partial charge in [0.15, 0.2) is 0 Å². The summed E-state index contributed by atoms with van der Waals surface area (Å²) >= 11 is 0. The third-order valence-corrected chi connectivity index (χ3v) is 2.96. The van der Waals surface area contributed by atoms with E-state index in [2.05, 4.69) is 13.8 Å². The summed E-state index contributed by atoms with van der Waals surface area (Å²) in [6.45, 7) is 6.64. The second kappa shape index (κ2) is 9.18. The number of rotatable bonds is 8. The first kappa shape index (κ1) is 16.3. The van der Waals surface area contributed by atoms with Gasteiger partial charge in [0.25, 0.3) is 0 Å². The molecule has 0 heterocycles. The molecule has 0 aliphatic rings. The Labute approximate surface area is 121 Å². The average molecular weight is 276 g/mol. The van der Waals surface area contributed by atoms with Crippen molar-refractivity contribution in [2.24, 2.45) is 0 Å². The van der Waals surface area contributed by atoms with Crippen molar-refractivity contribution in [1.82, 2.24) is 0 Å². The van der Waals surface area contributed by atoms with Crippen molar-refractivity contribution in [3.8, 4) is 5.75 Å². The van der Waals surface area contributed by atoms with Gasteiger partial charge in [-0.3, -0.25) is 0 Å². The van der Waals surface area contributed by atoms with Gasteiger partial charge in [0.1, 0.15) is 5.75 Å². The predicted octanol–water partition coefficient (Wildman–Crippen LogP) is 4.22. The number of benzene rings is 1. The molecule has 110 valence electrons. The molecule has 3 nitrogen and oxygen atoms in total.